The molecule has 6 heteroatoms. The molecule has 0 bridgehead atoms. The van der Waals surface area contributed by atoms with Crippen molar-refractivity contribution < 1.29 is 8.42 Å². The third kappa shape index (κ3) is 6.83. The predicted molar refractivity (Wildman–Crippen MR) is 62.7 cm³/mol. The molecule has 1 atom stereocenters. The van der Waals surface area contributed by atoms with Crippen LogP contribution in [0.15, 0.2) is 0 Å². The van der Waals surface area contributed by atoms with Gasteiger partial charge in [0, 0.05) is 26.7 Å². The van der Waals surface area contributed by atoms with E-state index in [0.717, 1.165) is 10.7 Å². The van der Waals surface area contributed by atoms with Gasteiger partial charge in [-0.25, -0.2) is 4.72 Å². The standard InChI is InChI=1S/C9H23N3O2S/c1-9(2,3)6-8(10)7-11-15(13,14)12(4)5/h8,11H,6-7,10H2,1-5H3. The Hall–Kier alpha value is -0.170. The summed E-state index contributed by atoms with van der Waals surface area (Å²) in [5.74, 6) is 0. The molecule has 0 aliphatic carbocycles. The Morgan fingerprint density at radius 2 is 1.80 bits per heavy atom. The van der Waals surface area contributed by atoms with Gasteiger partial charge in [0.1, 0.15) is 0 Å². The maximum absolute atomic E-state index is 11.4. The fourth-order valence-electron chi connectivity index (χ4n) is 1.20. The molecule has 0 aromatic carbocycles. The highest BCUT2D eigenvalue weighted by molar-refractivity contribution is 7.87. The third-order valence-corrected chi connectivity index (χ3v) is 3.38. The Morgan fingerprint density at radius 3 is 2.13 bits per heavy atom. The molecule has 0 heterocycles. The van der Waals surface area contributed by atoms with Crippen molar-refractivity contribution in [2.45, 2.75) is 33.2 Å². The van der Waals surface area contributed by atoms with Crippen molar-refractivity contribution in [1.82, 2.24) is 9.03 Å². The first-order chi connectivity index (χ1) is 6.54. The highest BCUT2D eigenvalue weighted by Crippen LogP contribution is 2.19. The molecule has 15 heavy (non-hydrogen) atoms. The second-order valence-electron chi connectivity index (χ2n) is 5.16. The molecule has 0 aliphatic rings. The van der Waals surface area contributed by atoms with Crippen LogP contribution in [-0.4, -0.2) is 39.4 Å². The van der Waals surface area contributed by atoms with E-state index in [1.165, 1.54) is 14.1 Å². The second kappa shape index (κ2) is 5.25. The normalized spacial score (nSPS) is 15.7. The predicted octanol–water partition coefficient (Wildman–Crippen LogP) is 0.146. The summed E-state index contributed by atoms with van der Waals surface area (Å²) >= 11 is 0. The zero-order valence-corrected chi connectivity index (χ0v) is 11.1. The average Bonchev–Trinajstić information content (AvgIpc) is 1.97. The fourth-order valence-corrected chi connectivity index (χ4v) is 1.88. The molecule has 92 valence electrons. The quantitative estimate of drug-likeness (QED) is 0.714. The summed E-state index contributed by atoms with van der Waals surface area (Å²) in [5.41, 5.74) is 5.94. The zero-order chi connectivity index (χ0) is 12.3. The van der Waals surface area contributed by atoms with Crippen molar-refractivity contribution >= 4 is 10.2 Å². The summed E-state index contributed by atoms with van der Waals surface area (Å²) in [7, 11) is -0.378. The van der Waals surface area contributed by atoms with E-state index in [9.17, 15) is 8.42 Å². The molecule has 0 rings (SSSR count). The van der Waals surface area contributed by atoms with E-state index in [1.54, 1.807) is 0 Å². The summed E-state index contributed by atoms with van der Waals surface area (Å²) in [4.78, 5) is 0. The van der Waals surface area contributed by atoms with Gasteiger partial charge in [-0.2, -0.15) is 12.7 Å². The van der Waals surface area contributed by atoms with Crippen molar-refractivity contribution in [3.8, 4) is 0 Å². The van der Waals surface area contributed by atoms with Crippen LogP contribution in [0.5, 0.6) is 0 Å². The lowest BCUT2D eigenvalue weighted by atomic mass is 9.88. The molecule has 0 aromatic heterocycles. The third-order valence-electron chi connectivity index (χ3n) is 1.88. The molecule has 1 unspecified atom stereocenters. The van der Waals surface area contributed by atoms with Crippen molar-refractivity contribution in [1.29, 1.82) is 0 Å². The van der Waals surface area contributed by atoms with E-state index in [0.29, 0.717) is 0 Å². The summed E-state index contributed by atoms with van der Waals surface area (Å²) in [6, 6.07) is -0.153. The first-order valence-electron chi connectivity index (χ1n) is 4.97. The Morgan fingerprint density at radius 1 is 1.33 bits per heavy atom. The lowest BCUT2D eigenvalue weighted by molar-refractivity contribution is 0.337. The SMILES string of the molecule is CN(C)S(=O)(=O)NCC(N)CC(C)(C)C. The van der Waals surface area contributed by atoms with Crippen LogP contribution >= 0.6 is 0 Å². The van der Waals surface area contributed by atoms with E-state index in [2.05, 4.69) is 25.5 Å². The molecule has 0 spiro atoms. The molecule has 5 nitrogen and oxygen atoms in total. The van der Waals surface area contributed by atoms with Gasteiger partial charge < -0.3 is 5.73 Å². The molecule has 0 radical (unpaired) electrons. The number of nitrogens with zero attached hydrogens (tertiary/aromatic N) is 1. The van der Waals surface area contributed by atoms with E-state index >= 15 is 0 Å². The van der Waals surface area contributed by atoms with Crippen LogP contribution in [0.4, 0.5) is 0 Å². The molecule has 0 saturated heterocycles. The van der Waals surface area contributed by atoms with Gasteiger partial charge in [0.15, 0.2) is 0 Å². The van der Waals surface area contributed by atoms with Crippen molar-refractivity contribution in [3.63, 3.8) is 0 Å². The minimum atomic E-state index is -3.35. The minimum Gasteiger partial charge on any atom is -0.326 e. The first-order valence-corrected chi connectivity index (χ1v) is 6.41. The molecule has 0 fully saturated rings. The van der Waals surface area contributed by atoms with Gasteiger partial charge in [-0.1, -0.05) is 20.8 Å². The topological polar surface area (TPSA) is 75.4 Å². The number of hydrogen-bond donors (Lipinski definition) is 2. The number of nitrogens with one attached hydrogen (secondary N) is 1. The highest BCUT2D eigenvalue weighted by atomic mass is 32.2. The molecule has 3 N–H and O–H groups in total. The largest absolute Gasteiger partial charge is 0.326 e. The average molecular weight is 237 g/mol. The Bertz CT molecular complexity index is 280. The summed E-state index contributed by atoms with van der Waals surface area (Å²) in [6.07, 6.45) is 0.781. The van der Waals surface area contributed by atoms with Crippen LogP contribution in [0.1, 0.15) is 27.2 Å². The van der Waals surface area contributed by atoms with E-state index in [4.69, 9.17) is 5.73 Å². The maximum atomic E-state index is 11.4. The molecule has 0 aliphatic heterocycles. The number of nitrogens with two attached hydrogens (primary N) is 1. The van der Waals surface area contributed by atoms with Crippen LogP contribution in [-0.2, 0) is 10.2 Å². The van der Waals surface area contributed by atoms with Gasteiger partial charge >= 0.3 is 0 Å². The Kier molecular flexibility index (Phi) is 5.19. The Balaban J connectivity index is 4.08. The maximum Gasteiger partial charge on any atom is 0.278 e. The highest BCUT2D eigenvalue weighted by Gasteiger charge is 2.18. The Labute approximate surface area is 93.2 Å². The monoisotopic (exact) mass is 237 g/mol. The van der Waals surface area contributed by atoms with E-state index in [-0.39, 0.29) is 18.0 Å². The van der Waals surface area contributed by atoms with Crippen LogP contribution in [0.25, 0.3) is 0 Å². The van der Waals surface area contributed by atoms with E-state index in [1.807, 2.05) is 0 Å². The van der Waals surface area contributed by atoms with Crippen molar-refractivity contribution in [3.05, 3.63) is 0 Å². The van der Waals surface area contributed by atoms with Gasteiger partial charge in [-0.05, 0) is 11.8 Å². The summed E-state index contributed by atoms with van der Waals surface area (Å²) in [6.45, 7) is 6.51. The van der Waals surface area contributed by atoms with Gasteiger partial charge in [-0.15, -0.1) is 0 Å². The first kappa shape index (κ1) is 14.8. The smallest absolute Gasteiger partial charge is 0.278 e. The van der Waals surface area contributed by atoms with Crippen LogP contribution in [0.2, 0.25) is 0 Å². The summed E-state index contributed by atoms with van der Waals surface area (Å²) < 4.78 is 26.3. The van der Waals surface area contributed by atoms with Crippen LogP contribution in [0, 0.1) is 5.41 Å². The van der Waals surface area contributed by atoms with E-state index < -0.39 is 10.2 Å². The van der Waals surface area contributed by atoms with Gasteiger partial charge in [0.05, 0.1) is 0 Å². The van der Waals surface area contributed by atoms with Gasteiger partial charge in [0.25, 0.3) is 10.2 Å². The van der Waals surface area contributed by atoms with Crippen molar-refractivity contribution in [2.24, 2.45) is 11.1 Å². The van der Waals surface area contributed by atoms with Crippen molar-refractivity contribution in [2.75, 3.05) is 20.6 Å². The molecular weight excluding hydrogens is 214 g/mol. The molecule has 0 aromatic rings. The van der Waals surface area contributed by atoms with Crippen LogP contribution < -0.4 is 10.5 Å². The number of rotatable bonds is 5. The second-order valence-corrected chi connectivity index (χ2v) is 7.13. The lowest BCUT2D eigenvalue weighted by Crippen LogP contribution is -2.43. The minimum absolute atomic E-state index is 0.114. The van der Waals surface area contributed by atoms with Gasteiger partial charge in [0.2, 0.25) is 0 Å². The molecule has 0 amide bonds. The van der Waals surface area contributed by atoms with Crippen LogP contribution in [0.3, 0.4) is 0 Å². The van der Waals surface area contributed by atoms with Gasteiger partial charge in [-0.3, -0.25) is 0 Å². The summed E-state index contributed by atoms with van der Waals surface area (Å²) in [5, 5.41) is 0. The molecular formula is C9H23N3O2S. The molecule has 0 saturated carbocycles. The zero-order valence-electron chi connectivity index (χ0n) is 10.2. The lowest BCUT2D eigenvalue weighted by Gasteiger charge is -2.23. The fraction of sp³-hybridized carbons (Fsp3) is 1.00. The number of hydrogen-bond acceptors (Lipinski definition) is 3.